The van der Waals surface area contributed by atoms with E-state index in [1.54, 1.807) is 0 Å². The molecule has 142 valence electrons. The van der Waals surface area contributed by atoms with Gasteiger partial charge in [-0.1, -0.05) is 18.2 Å². The highest BCUT2D eigenvalue weighted by Gasteiger charge is 2.46. The quantitative estimate of drug-likeness (QED) is 0.883. The maximum atomic E-state index is 12.8. The van der Waals surface area contributed by atoms with E-state index >= 15 is 0 Å². The summed E-state index contributed by atoms with van der Waals surface area (Å²) in [5.74, 6) is 0.692. The van der Waals surface area contributed by atoms with Crippen molar-refractivity contribution >= 4 is 17.7 Å². The lowest BCUT2D eigenvalue weighted by Crippen LogP contribution is -2.42. The fraction of sp³-hybridized carbons (Fsp3) is 0.450. The van der Waals surface area contributed by atoms with Crippen LogP contribution in [0, 0.1) is 6.92 Å². The van der Waals surface area contributed by atoms with Crippen molar-refractivity contribution in [2.45, 2.75) is 25.4 Å². The van der Waals surface area contributed by atoms with E-state index in [2.05, 4.69) is 10.3 Å². The first-order valence-corrected chi connectivity index (χ1v) is 9.21. The number of urea groups is 1. The summed E-state index contributed by atoms with van der Waals surface area (Å²) in [5, 5.41) is 3.03. The second-order valence-corrected chi connectivity index (χ2v) is 7.63. The van der Waals surface area contributed by atoms with Crippen molar-refractivity contribution in [2.24, 2.45) is 0 Å². The number of para-hydroxylation sites is 1. The van der Waals surface area contributed by atoms with E-state index in [4.69, 9.17) is 9.72 Å². The Morgan fingerprint density at radius 3 is 2.93 bits per heavy atom. The second-order valence-electron chi connectivity index (χ2n) is 7.63. The Labute approximate surface area is 159 Å². The molecule has 3 heterocycles. The molecule has 2 aromatic rings. The van der Waals surface area contributed by atoms with Crippen molar-refractivity contribution in [3.8, 4) is 0 Å². The zero-order valence-corrected chi connectivity index (χ0v) is 16.0. The van der Waals surface area contributed by atoms with Crippen molar-refractivity contribution in [3.05, 3.63) is 47.3 Å². The van der Waals surface area contributed by atoms with E-state index in [9.17, 15) is 4.79 Å². The van der Waals surface area contributed by atoms with Gasteiger partial charge in [-0.15, -0.1) is 0 Å². The maximum absolute atomic E-state index is 12.8. The van der Waals surface area contributed by atoms with Gasteiger partial charge in [-0.3, -0.25) is 0 Å². The number of carbonyl (C=O) groups is 1. The van der Waals surface area contributed by atoms with Crippen LogP contribution in [0.15, 0.2) is 30.5 Å². The number of amides is 2. The topological polar surface area (TPSA) is 70.6 Å². The Kier molecular flexibility index (Phi) is 4.47. The monoisotopic (exact) mass is 367 g/mol. The van der Waals surface area contributed by atoms with Crippen LogP contribution in [0.25, 0.3) is 0 Å². The average Bonchev–Trinajstić information content (AvgIpc) is 3.08. The number of rotatable bonds is 2. The summed E-state index contributed by atoms with van der Waals surface area (Å²) in [4.78, 5) is 25.8. The van der Waals surface area contributed by atoms with Gasteiger partial charge in [0, 0.05) is 44.6 Å². The van der Waals surface area contributed by atoms with E-state index in [0.29, 0.717) is 32.3 Å². The van der Waals surface area contributed by atoms with Crippen LogP contribution in [-0.4, -0.2) is 54.7 Å². The van der Waals surface area contributed by atoms with Gasteiger partial charge in [0.25, 0.3) is 0 Å². The number of carbonyl (C=O) groups excluding carboxylic acids is 1. The number of nitrogens with zero attached hydrogens (tertiary/aromatic N) is 4. The molecule has 7 nitrogen and oxygen atoms in total. The van der Waals surface area contributed by atoms with Crippen LogP contribution >= 0.6 is 0 Å². The third-order valence-electron chi connectivity index (χ3n) is 5.42. The summed E-state index contributed by atoms with van der Waals surface area (Å²) in [5.41, 5.74) is 3.69. The molecule has 1 atom stereocenters. The van der Waals surface area contributed by atoms with Gasteiger partial charge < -0.3 is 19.9 Å². The largest absolute Gasteiger partial charge is 0.376 e. The molecule has 1 N–H and O–H groups in total. The second kappa shape index (κ2) is 6.81. The minimum absolute atomic E-state index is 0.0739. The highest BCUT2D eigenvalue weighted by Crippen LogP contribution is 2.39. The summed E-state index contributed by atoms with van der Waals surface area (Å²) in [6.45, 7) is 4.38. The molecule has 1 aromatic carbocycles. The molecule has 1 fully saturated rings. The van der Waals surface area contributed by atoms with Crippen molar-refractivity contribution in [2.75, 3.05) is 44.0 Å². The van der Waals surface area contributed by atoms with Crippen LogP contribution in [0.4, 0.5) is 16.4 Å². The molecule has 0 aliphatic carbocycles. The molecular formula is C20H25N5O2. The van der Waals surface area contributed by atoms with Crippen LogP contribution in [0.1, 0.15) is 23.2 Å². The number of ether oxygens (including phenoxy) is 1. The van der Waals surface area contributed by atoms with Gasteiger partial charge in [0.2, 0.25) is 5.95 Å². The zero-order chi connectivity index (χ0) is 19.0. The molecule has 2 aliphatic rings. The molecule has 1 aromatic heterocycles. The lowest BCUT2D eigenvalue weighted by atomic mass is 9.80. The number of hydrogen-bond donors (Lipinski definition) is 1. The lowest BCUT2D eigenvalue weighted by Gasteiger charge is -2.34. The highest BCUT2D eigenvalue weighted by molar-refractivity contribution is 5.90. The fourth-order valence-corrected chi connectivity index (χ4v) is 3.87. The van der Waals surface area contributed by atoms with E-state index < -0.39 is 0 Å². The Balaban J connectivity index is 1.56. The molecule has 1 unspecified atom stereocenters. The summed E-state index contributed by atoms with van der Waals surface area (Å²) in [6, 6.07) is 7.74. The molecule has 4 rings (SSSR count). The van der Waals surface area contributed by atoms with Gasteiger partial charge in [0.05, 0.1) is 24.3 Å². The number of benzene rings is 1. The third kappa shape index (κ3) is 3.23. The SMILES string of the molecule is Cc1ccccc1NC(=O)N1CCC2(COCc3cnc(N(C)C)nc32)C1. The highest BCUT2D eigenvalue weighted by atomic mass is 16.5. The van der Waals surface area contributed by atoms with Crippen LogP contribution in [0.5, 0.6) is 0 Å². The predicted octanol–water partition coefficient (Wildman–Crippen LogP) is 2.56. The molecule has 0 radical (unpaired) electrons. The summed E-state index contributed by atoms with van der Waals surface area (Å²) in [7, 11) is 3.87. The normalized spacial score (nSPS) is 21.2. The Bertz CT molecular complexity index is 869. The summed E-state index contributed by atoms with van der Waals surface area (Å²) in [6.07, 6.45) is 2.69. The standard InChI is InChI=1S/C20H25N5O2/c1-14-6-4-5-7-16(14)22-19(26)25-9-8-20(12-25)13-27-11-15-10-21-18(24(2)3)23-17(15)20/h4-7,10H,8-9,11-13H2,1-3H3,(H,22,26). The van der Waals surface area contributed by atoms with Gasteiger partial charge in [0.15, 0.2) is 0 Å². The van der Waals surface area contributed by atoms with Gasteiger partial charge in [-0.2, -0.15) is 0 Å². The van der Waals surface area contributed by atoms with Crippen LogP contribution < -0.4 is 10.2 Å². The van der Waals surface area contributed by atoms with Crippen molar-refractivity contribution in [1.29, 1.82) is 0 Å². The number of nitrogens with one attached hydrogen (secondary N) is 1. The zero-order valence-electron chi connectivity index (χ0n) is 16.0. The molecule has 7 heteroatoms. The number of aromatic nitrogens is 2. The molecule has 2 amide bonds. The van der Waals surface area contributed by atoms with E-state index in [1.807, 2.05) is 61.3 Å². The Morgan fingerprint density at radius 2 is 2.15 bits per heavy atom. The van der Waals surface area contributed by atoms with Gasteiger partial charge in [0.1, 0.15) is 0 Å². The first-order chi connectivity index (χ1) is 13.0. The number of fused-ring (bicyclic) bond motifs is 2. The van der Waals surface area contributed by atoms with Crippen LogP contribution in [0.3, 0.4) is 0 Å². The van der Waals surface area contributed by atoms with Crippen molar-refractivity contribution < 1.29 is 9.53 Å². The lowest BCUT2D eigenvalue weighted by molar-refractivity contribution is 0.0521. The fourth-order valence-electron chi connectivity index (χ4n) is 3.87. The number of aryl methyl sites for hydroxylation is 1. The number of likely N-dealkylation sites (tertiary alicyclic amines) is 1. The molecule has 2 aliphatic heterocycles. The number of hydrogen-bond acceptors (Lipinski definition) is 5. The molecule has 1 saturated heterocycles. The molecule has 27 heavy (non-hydrogen) atoms. The molecule has 0 saturated carbocycles. The number of anilines is 2. The molecule has 0 bridgehead atoms. The van der Waals surface area contributed by atoms with E-state index in [1.165, 1.54) is 0 Å². The van der Waals surface area contributed by atoms with Crippen LogP contribution in [0.2, 0.25) is 0 Å². The molecule has 1 spiro atoms. The summed E-state index contributed by atoms with van der Waals surface area (Å²) < 4.78 is 5.85. The minimum Gasteiger partial charge on any atom is -0.376 e. The van der Waals surface area contributed by atoms with Gasteiger partial charge >= 0.3 is 6.03 Å². The smallest absolute Gasteiger partial charge is 0.321 e. The first kappa shape index (κ1) is 17.7. The minimum atomic E-state index is -0.260. The summed E-state index contributed by atoms with van der Waals surface area (Å²) >= 11 is 0. The van der Waals surface area contributed by atoms with Gasteiger partial charge in [-0.25, -0.2) is 14.8 Å². The van der Waals surface area contributed by atoms with Crippen LogP contribution in [-0.2, 0) is 16.8 Å². The molecular weight excluding hydrogens is 342 g/mol. The van der Waals surface area contributed by atoms with E-state index in [-0.39, 0.29) is 11.4 Å². The van der Waals surface area contributed by atoms with Gasteiger partial charge in [-0.05, 0) is 25.0 Å². The first-order valence-electron chi connectivity index (χ1n) is 9.21. The van der Waals surface area contributed by atoms with Crippen molar-refractivity contribution in [1.82, 2.24) is 14.9 Å². The third-order valence-corrected chi connectivity index (χ3v) is 5.42. The van der Waals surface area contributed by atoms with Crippen molar-refractivity contribution in [3.63, 3.8) is 0 Å². The Morgan fingerprint density at radius 1 is 1.33 bits per heavy atom. The Hall–Kier alpha value is -2.67. The predicted molar refractivity (Wildman–Crippen MR) is 104 cm³/mol. The maximum Gasteiger partial charge on any atom is 0.321 e. The van der Waals surface area contributed by atoms with E-state index in [0.717, 1.165) is 28.9 Å². The average molecular weight is 367 g/mol.